The van der Waals surface area contributed by atoms with Gasteiger partial charge in [0.05, 0.1) is 45.7 Å². The third-order valence-electron chi connectivity index (χ3n) is 6.66. The van der Waals surface area contributed by atoms with Crippen LogP contribution in [0.3, 0.4) is 0 Å². The fourth-order valence-corrected chi connectivity index (χ4v) is 6.63. The normalized spacial score (nSPS) is 14.5. The van der Waals surface area contributed by atoms with Crippen LogP contribution in [-0.2, 0) is 14.3 Å². The van der Waals surface area contributed by atoms with Gasteiger partial charge in [0.15, 0.2) is 16.3 Å². The predicted molar refractivity (Wildman–Crippen MR) is 176 cm³/mol. The lowest BCUT2D eigenvalue weighted by Crippen LogP contribution is -2.40. The van der Waals surface area contributed by atoms with E-state index < -0.39 is 18.0 Å². The largest absolute Gasteiger partial charge is 0.497 e. The molecule has 3 aromatic carbocycles. The second kappa shape index (κ2) is 13.6. The Balaban J connectivity index is 1.79. The molecule has 0 amide bonds. The van der Waals surface area contributed by atoms with E-state index in [1.165, 1.54) is 22.8 Å². The second-order valence-electron chi connectivity index (χ2n) is 9.56. The van der Waals surface area contributed by atoms with E-state index in [2.05, 4.69) is 22.6 Å². The molecule has 0 radical (unpaired) electrons. The summed E-state index contributed by atoms with van der Waals surface area (Å²) in [5, 5.41) is 0. The van der Waals surface area contributed by atoms with Gasteiger partial charge in [-0.15, -0.1) is 0 Å². The molecular formula is C33H29IN2O7S. The first-order valence-electron chi connectivity index (χ1n) is 13.8. The van der Waals surface area contributed by atoms with Gasteiger partial charge in [0, 0.05) is 12.5 Å². The first-order chi connectivity index (χ1) is 21.2. The zero-order chi connectivity index (χ0) is 31.4. The number of carbonyl (C=O) groups is 2. The van der Waals surface area contributed by atoms with Crippen molar-refractivity contribution in [3.8, 4) is 17.2 Å². The molecule has 226 valence electrons. The molecule has 9 nitrogen and oxygen atoms in total. The standard InChI is InChI=1S/C33H29IN2O7S/c1-5-41-25-16-20(15-24(34)30(25)43-19(3)37)17-26-31(38)36-29(22-13-10-14-23(18-22)40-4)27(32(39)42-6-2)28(35-33(36)44-26)21-11-8-7-9-12-21/h7-18,29H,5-6H2,1-4H3/b26-17-/t29-/m0/s1. The van der Waals surface area contributed by atoms with Crippen molar-refractivity contribution in [2.75, 3.05) is 20.3 Å². The Morgan fingerprint density at radius 1 is 1.05 bits per heavy atom. The summed E-state index contributed by atoms with van der Waals surface area (Å²) < 4.78 is 24.7. The number of methoxy groups -OCH3 is 1. The zero-order valence-corrected chi connectivity index (χ0v) is 27.4. The molecule has 0 saturated carbocycles. The number of nitrogens with zero attached hydrogens (tertiary/aromatic N) is 2. The molecule has 2 heterocycles. The molecule has 0 spiro atoms. The van der Waals surface area contributed by atoms with Crippen LogP contribution in [0.1, 0.15) is 43.5 Å². The van der Waals surface area contributed by atoms with Gasteiger partial charge in [-0.1, -0.05) is 53.8 Å². The summed E-state index contributed by atoms with van der Waals surface area (Å²) in [4.78, 5) is 44.9. The number of benzene rings is 3. The number of hydrogen-bond acceptors (Lipinski definition) is 9. The minimum Gasteiger partial charge on any atom is -0.497 e. The zero-order valence-electron chi connectivity index (χ0n) is 24.5. The third-order valence-corrected chi connectivity index (χ3v) is 8.44. The third kappa shape index (κ3) is 6.34. The van der Waals surface area contributed by atoms with Crippen molar-refractivity contribution >= 4 is 57.6 Å². The van der Waals surface area contributed by atoms with Crippen molar-refractivity contribution in [1.29, 1.82) is 0 Å². The average molecular weight is 725 g/mol. The van der Waals surface area contributed by atoms with Crippen LogP contribution in [0.5, 0.6) is 17.2 Å². The molecule has 0 unspecified atom stereocenters. The molecule has 0 aliphatic carbocycles. The van der Waals surface area contributed by atoms with E-state index in [0.29, 0.717) is 53.6 Å². The van der Waals surface area contributed by atoms with E-state index in [9.17, 15) is 14.4 Å². The molecule has 0 saturated heterocycles. The van der Waals surface area contributed by atoms with Gasteiger partial charge in [-0.2, -0.15) is 0 Å². The number of thiazole rings is 1. The highest BCUT2D eigenvalue weighted by Crippen LogP contribution is 2.37. The summed E-state index contributed by atoms with van der Waals surface area (Å²) in [5.74, 6) is 0.266. The van der Waals surface area contributed by atoms with Gasteiger partial charge in [-0.05, 0) is 77.9 Å². The predicted octanol–water partition coefficient (Wildman–Crippen LogP) is 4.87. The van der Waals surface area contributed by atoms with E-state index in [1.54, 1.807) is 44.4 Å². The maximum atomic E-state index is 14.2. The molecule has 0 N–H and O–H groups in total. The summed E-state index contributed by atoms with van der Waals surface area (Å²) >= 11 is 3.28. The Kier molecular flexibility index (Phi) is 9.64. The van der Waals surface area contributed by atoms with Gasteiger partial charge in [0.25, 0.3) is 5.56 Å². The number of rotatable bonds is 9. The van der Waals surface area contributed by atoms with Crippen molar-refractivity contribution in [3.63, 3.8) is 0 Å². The van der Waals surface area contributed by atoms with Crippen LogP contribution in [0.4, 0.5) is 0 Å². The van der Waals surface area contributed by atoms with Crippen LogP contribution in [0.15, 0.2) is 82.1 Å². The van der Waals surface area contributed by atoms with Crippen LogP contribution in [0, 0.1) is 3.57 Å². The SMILES string of the molecule is CCOC(=O)C1=C(c2ccccc2)N=c2s/c(=C\c3cc(I)c(OC(C)=O)c(OCC)c3)c(=O)n2[C@H]1c1cccc(OC)c1. The van der Waals surface area contributed by atoms with Gasteiger partial charge in [0.1, 0.15) is 5.75 Å². The lowest BCUT2D eigenvalue weighted by atomic mass is 9.93. The monoisotopic (exact) mass is 724 g/mol. The molecule has 1 aromatic heterocycles. The number of ether oxygens (including phenoxy) is 4. The van der Waals surface area contributed by atoms with Gasteiger partial charge in [-0.25, -0.2) is 9.79 Å². The Labute approximate surface area is 271 Å². The molecule has 0 bridgehead atoms. The Bertz CT molecular complexity index is 1950. The van der Waals surface area contributed by atoms with Gasteiger partial charge in [-0.3, -0.25) is 14.2 Å². The lowest BCUT2D eigenvalue weighted by Gasteiger charge is -2.26. The van der Waals surface area contributed by atoms with E-state index in [0.717, 1.165) is 5.56 Å². The van der Waals surface area contributed by atoms with Gasteiger partial charge >= 0.3 is 11.9 Å². The molecule has 11 heteroatoms. The molecular weight excluding hydrogens is 695 g/mol. The molecule has 1 atom stereocenters. The average Bonchev–Trinajstić information content (AvgIpc) is 3.32. The number of esters is 2. The van der Waals surface area contributed by atoms with Gasteiger partial charge < -0.3 is 18.9 Å². The number of hydrogen-bond donors (Lipinski definition) is 0. The molecule has 1 aliphatic rings. The number of carbonyl (C=O) groups excluding carboxylic acids is 2. The fourth-order valence-electron chi connectivity index (χ4n) is 4.90. The molecule has 4 aromatic rings. The first-order valence-corrected chi connectivity index (χ1v) is 15.7. The highest BCUT2D eigenvalue weighted by molar-refractivity contribution is 14.1. The number of fused-ring (bicyclic) bond motifs is 1. The minimum absolute atomic E-state index is 0.157. The summed E-state index contributed by atoms with van der Waals surface area (Å²) in [6.45, 7) is 5.41. The van der Waals surface area contributed by atoms with Gasteiger partial charge in [0.2, 0.25) is 0 Å². The number of aromatic nitrogens is 1. The van der Waals surface area contributed by atoms with Crippen molar-refractivity contribution in [2.45, 2.75) is 26.8 Å². The van der Waals surface area contributed by atoms with E-state index in [1.807, 2.05) is 49.4 Å². The van der Waals surface area contributed by atoms with Crippen LogP contribution in [0.25, 0.3) is 11.8 Å². The maximum absolute atomic E-state index is 14.2. The fraction of sp³-hybridized carbons (Fsp3) is 0.212. The Morgan fingerprint density at radius 3 is 2.50 bits per heavy atom. The van der Waals surface area contributed by atoms with E-state index in [4.69, 9.17) is 23.9 Å². The summed E-state index contributed by atoms with van der Waals surface area (Å²) in [5.41, 5.74) is 2.42. The highest BCUT2D eigenvalue weighted by Gasteiger charge is 2.35. The van der Waals surface area contributed by atoms with E-state index in [-0.39, 0.29) is 17.7 Å². The molecule has 1 aliphatic heterocycles. The van der Waals surface area contributed by atoms with Crippen LogP contribution >= 0.6 is 33.9 Å². The maximum Gasteiger partial charge on any atom is 0.338 e. The Hall–Kier alpha value is -4.23. The quantitative estimate of drug-likeness (QED) is 0.138. The second-order valence-corrected chi connectivity index (χ2v) is 11.7. The van der Waals surface area contributed by atoms with Crippen LogP contribution in [-0.4, -0.2) is 36.8 Å². The van der Waals surface area contributed by atoms with Crippen molar-refractivity contribution in [3.05, 3.63) is 112 Å². The molecule has 44 heavy (non-hydrogen) atoms. The van der Waals surface area contributed by atoms with Crippen LogP contribution < -0.4 is 29.1 Å². The molecule has 0 fully saturated rings. The smallest absolute Gasteiger partial charge is 0.338 e. The topological polar surface area (TPSA) is 105 Å². The summed E-state index contributed by atoms with van der Waals surface area (Å²) in [6.07, 6.45) is 1.74. The minimum atomic E-state index is -0.830. The number of halogens is 1. The summed E-state index contributed by atoms with van der Waals surface area (Å²) in [7, 11) is 1.56. The van der Waals surface area contributed by atoms with Crippen LogP contribution in [0.2, 0.25) is 0 Å². The first kappa shape index (κ1) is 31.2. The van der Waals surface area contributed by atoms with E-state index >= 15 is 0 Å². The lowest BCUT2D eigenvalue weighted by molar-refractivity contribution is -0.139. The van der Waals surface area contributed by atoms with Crippen molar-refractivity contribution < 1.29 is 28.5 Å². The highest BCUT2D eigenvalue weighted by atomic mass is 127. The van der Waals surface area contributed by atoms with Crippen molar-refractivity contribution in [2.24, 2.45) is 4.99 Å². The van der Waals surface area contributed by atoms with Crippen molar-refractivity contribution in [1.82, 2.24) is 4.57 Å². The molecule has 5 rings (SSSR count). The Morgan fingerprint density at radius 2 is 1.82 bits per heavy atom. The summed E-state index contributed by atoms with van der Waals surface area (Å²) in [6, 6.07) is 19.3.